The highest BCUT2D eigenvalue weighted by atomic mass is 16.5. The molecule has 58 heavy (non-hydrogen) atoms. The zero-order valence-corrected chi connectivity index (χ0v) is 38.5. The van der Waals surface area contributed by atoms with Crippen molar-refractivity contribution in [1.82, 2.24) is 5.32 Å². The van der Waals surface area contributed by atoms with Crippen LogP contribution in [0.3, 0.4) is 0 Å². The first-order chi connectivity index (χ1) is 28.5. The fraction of sp³-hybridized carbons (Fsp3) is 0.846. The minimum absolute atomic E-state index is 0.0182. The molecule has 0 fully saturated rings. The molecule has 0 aliphatic rings. The number of nitrogens with one attached hydrogen (secondary N) is 1. The Balaban J connectivity index is 3.48. The maximum Gasteiger partial charge on any atom is 0.305 e. The maximum absolute atomic E-state index is 12.4. The molecule has 0 spiro atoms. The largest absolute Gasteiger partial charge is 0.466 e. The van der Waals surface area contributed by atoms with Crippen molar-refractivity contribution >= 4 is 11.9 Å². The number of hydrogen-bond donors (Lipinski definition) is 3. The molecule has 0 aromatic carbocycles. The number of carbonyl (C=O) groups excluding carboxylic acids is 2. The molecule has 1 amide bonds. The Morgan fingerprint density at radius 3 is 1.38 bits per heavy atom. The molecule has 0 heterocycles. The molecule has 2 unspecified atom stereocenters. The Morgan fingerprint density at radius 2 is 0.879 bits per heavy atom. The van der Waals surface area contributed by atoms with E-state index in [9.17, 15) is 19.8 Å². The van der Waals surface area contributed by atoms with Crippen molar-refractivity contribution < 1.29 is 24.5 Å². The minimum Gasteiger partial charge on any atom is -0.466 e. The minimum atomic E-state index is -0.674. The van der Waals surface area contributed by atoms with Crippen LogP contribution in [-0.2, 0) is 14.3 Å². The van der Waals surface area contributed by atoms with Gasteiger partial charge in [-0.2, -0.15) is 0 Å². The summed E-state index contributed by atoms with van der Waals surface area (Å²) in [6.07, 6.45) is 56.8. The third-order valence-electron chi connectivity index (χ3n) is 11.4. The van der Waals surface area contributed by atoms with Gasteiger partial charge in [0.15, 0.2) is 0 Å². The zero-order valence-electron chi connectivity index (χ0n) is 38.5. The van der Waals surface area contributed by atoms with Crippen LogP contribution < -0.4 is 5.32 Å². The standard InChI is InChI=1S/C52H97NO5/c1-3-5-7-9-11-13-15-16-22-26-30-34-38-42-46-52(57)58-47-43-39-35-31-27-23-20-18-17-19-21-25-29-33-37-41-45-51(56)53-49(48-54)50(55)44-40-36-32-28-24-14-12-10-8-6-4-2/h9,11,15-17,19,49-50,54-55H,3-8,10,12-14,18,20-48H2,1-2H3,(H,53,56)/b11-9-,16-15-,19-17-. The monoisotopic (exact) mass is 816 g/mol. The molecule has 6 nitrogen and oxygen atoms in total. The van der Waals surface area contributed by atoms with Gasteiger partial charge in [0, 0.05) is 12.8 Å². The molecule has 0 saturated carbocycles. The molecule has 0 aliphatic carbocycles. The summed E-state index contributed by atoms with van der Waals surface area (Å²) in [7, 11) is 0. The predicted octanol–water partition coefficient (Wildman–Crippen LogP) is 14.9. The SMILES string of the molecule is CCCC/C=C\C/C=C\CCCCCCCC(=O)OCCCCCCCCC/C=C\CCCCCCCC(=O)NC(CO)C(O)CCCCCCCCCCCCC. The van der Waals surface area contributed by atoms with Crippen molar-refractivity contribution in [3.63, 3.8) is 0 Å². The molecule has 0 aliphatic heterocycles. The summed E-state index contributed by atoms with van der Waals surface area (Å²) < 4.78 is 5.45. The highest BCUT2D eigenvalue weighted by molar-refractivity contribution is 5.76. The normalized spacial score (nSPS) is 13.0. The number of hydrogen-bond acceptors (Lipinski definition) is 5. The van der Waals surface area contributed by atoms with Crippen LogP contribution in [0.15, 0.2) is 36.5 Å². The van der Waals surface area contributed by atoms with Crippen molar-refractivity contribution in [1.29, 1.82) is 0 Å². The van der Waals surface area contributed by atoms with Gasteiger partial charge >= 0.3 is 5.97 Å². The highest BCUT2D eigenvalue weighted by Crippen LogP contribution is 2.15. The van der Waals surface area contributed by atoms with E-state index < -0.39 is 12.1 Å². The first-order valence-electron chi connectivity index (χ1n) is 25.2. The van der Waals surface area contributed by atoms with Gasteiger partial charge < -0.3 is 20.3 Å². The van der Waals surface area contributed by atoms with Gasteiger partial charge in [-0.1, -0.05) is 204 Å². The Bertz CT molecular complexity index is 946. The topological polar surface area (TPSA) is 95.9 Å². The highest BCUT2D eigenvalue weighted by Gasteiger charge is 2.20. The van der Waals surface area contributed by atoms with Crippen LogP contribution in [0.5, 0.6) is 0 Å². The summed E-state index contributed by atoms with van der Waals surface area (Å²) in [5.74, 6) is -0.0730. The molecule has 3 N–H and O–H groups in total. The summed E-state index contributed by atoms with van der Waals surface area (Å²) in [4.78, 5) is 24.4. The van der Waals surface area contributed by atoms with Crippen molar-refractivity contribution in [2.75, 3.05) is 13.2 Å². The molecular formula is C52H97NO5. The second-order valence-corrected chi connectivity index (χ2v) is 17.1. The van der Waals surface area contributed by atoms with Crippen molar-refractivity contribution in [2.24, 2.45) is 0 Å². The van der Waals surface area contributed by atoms with Gasteiger partial charge in [0.25, 0.3) is 0 Å². The Morgan fingerprint density at radius 1 is 0.483 bits per heavy atom. The average molecular weight is 816 g/mol. The van der Waals surface area contributed by atoms with E-state index in [4.69, 9.17) is 4.74 Å². The average Bonchev–Trinajstić information content (AvgIpc) is 3.22. The fourth-order valence-electron chi connectivity index (χ4n) is 7.47. The molecule has 2 atom stereocenters. The quantitative estimate of drug-likeness (QED) is 0.0323. The molecule has 0 radical (unpaired) electrons. The fourth-order valence-corrected chi connectivity index (χ4v) is 7.47. The van der Waals surface area contributed by atoms with Gasteiger partial charge in [0.1, 0.15) is 0 Å². The summed E-state index contributed by atoms with van der Waals surface area (Å²) in [5.41, 5.74) is 0. The Labute approximate surface area is 360 Å². The van der Waals surface area contributed by atoms with Crippen molar-refractivity contribution in [3.8, 4) is 0 Å². The molecule has 0 rings (SSSR count). The summed E-state index contributed by atoms with van der Waals surface area (Å²) in [6, 6.07) is -0.553. The van der Waals surface area contributed by atoms with E-state index in [-0.39, 0.29) is 18.5 Å². The number of esters is 1. The number of allylic oxidation sites excluding steroid dienone is 6. The lowest BCUT2D eigenvalue weighted by Gasteiger charge is -2.22. The van der Waals surface area contributed by atoms with E-state index in [0.717, 1.165) is 70.6 Å². The van der Waals surface area contributed by atoms with E-state index in [0.29, 0.717) is 25.9 Å². The van der Waals surface area contributed by atoms with Crippen LogP contribution in [0.1, 0.15) is 258 Å². The second-order valence-electron chi connectivity index (χ2n) is 17.1. The number of aliphatic hydroxyl groups is 2. The summed E-state index contributed by atoms with van der Waals surface area (Å²) >= 11 is 0. The number of amides is 1. The van der Waals surface area contributed by atoms with Crippen molar-refractivity contribution in [3.05, 3.63) is 36.5 Å². The number of aliphatic hydroxyl groups excluding tert-OH is 2. The lowest BCUT2D eigenvalue weighted by molar-refractivity contribution is -0.143. The number of rotatable bonds is 46. The lowest BCUT2D eigenvalue weighted by Crippen LogP contribution is -2.45. The first kappa shape index (κ1) is 56.1. The molecule has 0 aromatic heterocycles. The molecular weight excluding hydrogens is 719 g/mol. The van der Waals surface area contributed by atoms with Gasteiger partial charge in [-0.05, 0) is 77.0 Å². The van der Waals surface area contributed by atoms with E-state index in [1.54, 1.807) is 0 Å². The van der Waals surface area contributed by atoms with Gasteiger partial charge in [-0.3, -0.25) is 9.59 Å². The van der Waals surface area contributed by atoms with Crippen molar-refractivity contribution in [2.45, 2.75) is 270 Å². The van der Waals surface area contributed by atoms with Gasteiger partial charge in [-0.25, -0.2) is 0 Å². The number of unbranched alkanes of at least 4 members (excludes halogenated alkanes) is 29. The zero-order chi connectivity index (χ0) is 42.3. The van der Waals surface area contributed by atoms with Crippen LogP contribution >= 0.6 is 0 Å². The molecule has 0 bridgehead atoms. The summed E-state index contributed by atoms with van der Waals surface area (Å²) in [5, 5.41) is 23.1. The Hall–Kier alpha value is -1.92. The van der Waals surface area contributed by atoms with Crippen LogP contribution in [0.2, 0.25) is 0 Å². The van der Waals surface area contributed by atoms with E-state index in [2.05, 4.69) is 55.6 Å². The smallest absolute Gasteiger partial charge is 0.305 e. The second kappa shape index (κ2) is 47.8. The molecule has 0 aromatic rings. The van der Waals surface area contributed by atoms with Gasteiger partial charge in [0.05, 0.1) is 25.4 Å². The van der Waals surface area contributed by atoms with E-state index in [1.165, 1.54) is 154 Å². The van der Waals surface area contributed by atoms with Crippen LogP contribution in [-0.4, -0.2) is 47.4 Å². The number of carbonyl (C=O) groups is 2. The molecule has 6 heteroatoms. The van der Waals surface area contributed by atoms with E-state index >= 15 is 0 Å². The predicted molar refractivity (Wildman–Crippen MR) is 250 cm³/mol. The summed E-state index contributed by atoms with van der Waals surface area (Å²) in [6.45, 7) is 4.86. The first-order valence-corrected chi connectivity index (χ1v) is 25.2. The Kier molecular flexibility index (Phi) is 46.2. The molecule has 0 saturated heterocycles. The third-order valence-corrected chi connectivity index (χ3v) is 11.4. The van der Waals surface area contributed by atoms with E-state index in [1.807, 2.05) is 0 Å². The maximum atomic E-state index is 12.4. The lowest BCUT2D eigenvalue weighted by atomic mass is 10.0. The van der Waals surface area contributed by atoms with Gasteiger partial charge in [-0.15, -0.1) is 0 Å². The molecule has 340 valence electrons. The number of ether oxygens (including phenoxy) is 1. The van der Waals surface area contributed by atoms with Crippen LogP contribution in [0.4, 0.5) is 0 Å². The third kappa shape index (κ3) is 43.7. The van der Waals surface area contributed by atoms with Crippen LogP contribution in [0, 0.1) is 0 Å². The van der Waals surface area contributed by atoms with Crippen LogP contribution in [0.25, 0.3) is 0 Å². The van der Waals surface area contributed by atoms with Gasteiger partial charge in [0.2, 0.25) is 5.91 Å².